The van der Waals surface area contributed by atoms with Crippen LogP contribution < -0.4 is 0 Å². The Hall–Kier alpha value is -0.0551. The minimum Gasteiger partial charge on any atom is -0.357 e. The van der Waals surface area contributed by atoms with Gasteiger partial charge in [-0.15, -0.1) is 0 Å². The van der Waals surface area contributed by atoms with Crippen LogP contribution in [0.4, 0.5) is 0 Å². The molecule has 0 aromatic rings. The van der Waals surface area contributed by atoms with Gasteiger partial charge in [-0.1, -0.05) is 13.3 Å². The van der Waals surface area contributed by atoms with Gasteiger partial charge in [0.1, 0.15) is 12.6 Å². The number of nitrogens with zero attached hydrogens (tertiary/aromatic N) is 1. The molecule has 2 unspecified atom stereocenters. The SMILES string of the molecule is CCCC[N+]12CC1COB2OC. The van der Waals surface area contributed by atoms with Crippen LogP contribution in [0, 0.1) is 0 Å². The maximum Gasteiger partial charge on any atom is 0.760 e. The van der Waals surface area contributed by atoms with E-state index < -0.39 is 0 Å². The minimum absolute atomic E-state index is 0.0431. The second kappa shape index (κ2) is 3.02. The van der Waals surface area contributed by atoms with Crippen LogP contribution >= 0.6 is 0 Å². The first-order chi connectivity index (χ1) is 5.83. The van der Waals surface area contributed by atoms with E-state index >= 15 is 0 Å². The number of fused-ring (bicyclic) bond motifs is 1. The fourth-order valence-corrected chi connectivity index (χ4v) is 2.26. The van der Waals surface area contributed by atoms with Crippen molar-refractivity contribution in [2.24, 2.45) is 0 Å². The lowest BCUT2D eigenvalue weighted by molar-refractivity contribution is -0.706. The van der Waals surface area contributed by atoms with Crippen LogP contribution in [0.1, 0.15) is 19.8 Å². The minimum atomic E-state index is 0.0431. The van der Waals surface area contributed by atoms with Crippen molar-refractivity contribution < 1.29 is 13.7 Å². The highest BCUT2D eigenvalue weighted by atomic mass is 16.6. The van der Waals surface area contributed by atoms with E-state index in [-0.39, 0.29) is 7.25 Å². The molecule has 0 radical (unpaired) electrons. The van der Waals surface area contributed by atoms with Crippen molar-refractivity contribution >= 4 is 7.25 Å². The molecule has 0 spiro atoms. The summed E-state index contributed by atoms with van der Waals surface area (Å²) >= 11 is 0. The molecule has 2 aliphatic heterocycles. The third kappa shape index (κ3) is 1.10. The van der Waals surface area contributed by atoms with Gasteiger partial charge in [0.25, 0.3) is 0 Å². The molecule has 68 valence electrons. The van der Waals surface area contributed by atoms with Crippen LogP contribution in [0.25, 0.3) is 0 Å². The molecule has 0 aliphatic carbocycles. The molecule has 2 rings (SSSR count). The Kier molecular flexibility index (Phi) is 2.15. The fourth-order valence-electron chi connectivity index (χ4n) is 2.26. The quantitative estimate of drug-likeness (QED) is 0.455. The molecule has 0 bridgehead atoms. The highest BCUT2D eigenvalue weighted by Gasteiger charge is 2.70. The Morgan fingerprint density at radius 2 is 2.50 bits per heavy atom. The fraction of sp³-hybridized carbons (Fsp3) is 1.00. The first-order valence-electron chi connectivity index (χ1n) is 4.84. The van der Waals surface area contributed by atoms with Crippen molar-refractivity contribution in [2.45, 2.75) is 25.8 Å². The topological polar surface area (TPSA) is 18.5 Å². The lowest BCUT2D eigenvalue weighted by Gasteiger charge is -2.17. The van der Waals surface area contributed by atoms with Gasteiger partial charge in [-0.25, -0.2) is 0 Å². The molecule has 2 atom stereocenters. The summed E-state index contributed by atoms with van der Waals surface area (Å²) in [5.41, 5.74) is 0. The smallest absolute Gasteiger partial charge is 0.357 e. The summed E-state index contributed by atoms with van der Waals surface area (Å²) < 4.78 is 11.9. The van der Waals surface area contributed by atoms with Crippen LogP contribution in [0.5, 0.6) is 0 Å². The van der Waals surface area contributed by atoms with Crippen molar-refractivity contribution in [2.75, 3.05) is 26.8 Å². The van der Waals surface area contributed by atoms with Gasteiger partial charge in [-0.05, 0) is 6.42 Å². The van der Waals surface area contributed by atoms with E-state index in [0.29, 0.717) is 0 Å². The van der Waals surface area contributed by atoms with Gasteiger partial charge >= 0.3 is 7.25 Å². The van der Waals surface area contributed by atoms with Gasteiger partial charge in [0.05, 0.1) is 13.2 Å². The van der Waals surface area contributed by atoms with E-state index in [4.69, 9.17) is 9.31 Å². The molecular weight excluding hydrogens is 153 g/mol. The van der Waals surface area contributed by atoms with E-state index in [1.807, 2.05) is 0 Å². The van der Waals surface area contributed by atoms with Crippen LogP contribution in [0.2, 0.25) is 0 Å². The molecule has 0 amide bonds. The van der Waals surface area contributed by atoms with Crippen LogP contribution in [-0.4, -0.2) is 44.5 Å². The van der Waals surface area contributed by atoms with Crippen molar-refractivity contribution in [3.8, 4) is 0 Å². The van der Waals surface area contributed by atoms with Gasteiger partial charge in [0.15, 0.2) is 0 Å². The third-order valence-corrected chi connectivity index (χ3v) is 3.12. The number of quaternary nitrogens is 1. The largest absolute Gasteiger partial charge is 0.760 e. The summed E-state index contributed by atoms with van der Waals surface area (Å²) in [7, 11) is 1.79. The summed E-state index contributed by atoms with van der Waals surface area (Å²) in [6.07, 6.45) is 2.56. The molecule has 2 heterocycles. The van der Waals surface area contributed by atoms with E-state index in [2.05, 4.69) is 6.92 Å². The molecule has 0 saturated carbocycles. The predicted octanol–water partition coefficient (Wildman–Crippen LogP) is 0.647. The normalized spacial score (nSPS) is 38.5. The molecule has 4 heteroatoms. The first-order valence-corrected chi connectivity index (χ1v) is 4.84. The molecule has 12 heavy (non-hydrogen) atoms. The van der Waals surface area contributed by atoms with Gasteiger partial charge in [0, 0.05) is 7.11 Å². The summed E-state index contributed by atoms with van der Waals surface area (Å²) in [5.74, 6) is 0. The maximum absolute atomic E-state index is 5.51. The molecule has 0 aromatic heterocycles. The molecule has 3 nitrogen and oxygen atoms in total. The first kappa shape index (κ1) is 8.54. The number of unbranched alkanes of at least 4 members (excludes halogenated alkanes) is 1. The summed E-state index contributed by atoms with van der Waals surface area (Å²) in [6.45, 7) is 5.65. The maximum atomic E-state index is 5.51. The summed E-state index contributed by atoms with van der Waals surface area (Å²) in [4.78, 5) is 0. The van der Waals surface area contributed by atoms with Crippen LogP contribution in [-0.2, 0) is 9.31 Å². The second-order valence-corrected chi connectivity index (χ2v) is 3.89. The number of hydrogen-bond acceptors (Lipinski definition) is 2. The molecule has 2 fully saturated rings. The van der Waals surface area contributed by atoms with E-state index in [1.54, 1.807) is 7.11 Å². The average molecular weight is 170 g/mol. The van der Waals surface area contributed by atoms with Crippen molar-refractivity contribution in [1.82, 2.24) is 0 Å². The van der Waals surface area contributed by atoms with Gasteiger partial charge in [-0.3, -0.25) is 0 Å². The lowest BCUT2D eigenvalue weighted by Crippen LogP contribution is -2.43. The Balaban J connectivity index is 1.92. The van der Waals surface area contributed by atoms with Gasteiger partial charge in [-0.2, -0.15) is 0 Å². The van der Waals surface area contributed by atoms with Gasteiger partial charge < -0.3 is 13.7 Å². The van der Waals surface area contributed by atoms with E-state index in [1.165, 1.54) is 25.9 Å². The standard InChI is InChI=1S/C8H17BNO2/c1-3-4-5-10-6-8(10)7-12-9(10)11-2/h8H,3-7H2,1-2H3/q+1. The monoisotopic (exact) mass is 170 g/mol. The van der Waals surface area contributed by atoms with E-state index in [9.17, 15) is 0 Å². The highest BCUT2D eigenvalue weighted by Crippen LogP contribution is 2.39. The zero-order valence-corrected chi connectivity index (χ0v) is 7.95. The Bertz CT molecular complexity index is 178. The van der Waals surface area contributed by atoms with Crippen molar-refractivity contribution in [3.63, 3.8) is 0 Å². The summed E-state index contributed by atoms with van der Waals surface area (Å²) in [5, 5.41) is 0. The second-order valence-electron chi connectivity index (χ2n) is 3.89. The number of hydrogen-bond donors (Lipinski definition) is 0. The zero-order chi connectivity index (χ0) is 8.60. The highest BCUT2D eigenvalue weighted by molar-refractivity contribution is 6.37. The van der Waals surface area contributed by atoms with E-state index in [0.717, 1.165) is 17.0 Å². The Morgan fingerprint density at radius 3 is 3.08 bits per heavy atom. The van der Waals surface area contributed by atoms with Crippen LogP contribution in [0.15, 0.2) is 0 Å². The average Bonchev–Trinajstić information content (AvgIpc) is 2.71. The molecule has 0 aromatic carbocycles. The lowest BCUT2D eigenvalue weighted by atomic mass is 10.0. The van der Waals surface area contributed by atoms with Gasteiger partial charge in [0.2, 0.25) is 0 Å². The molecular formula is C8H17BNO2+. The van der Waals surface area contributed by atoms with Crippen molar-refractivity contribution in [3.05, 3.63) is 0 Å². The summed E-state index contributed by atoms with van der Waals surface area (Å²) in [6, 6.07) is 0.751. The third-order valence-electron chi connectivity index (χ3n) is 3.12. The Morgan fingerprint density at radius 1 is 1.67 bits per heavy atom. The molecule has 2 saturated heterocycles. The van der Waals surface area contributed by atoms with Crippen molar-refractivity contribution in [1.29, 1.82) is 0 Å². The number of rotatable bonds is 4. The Labute approximate surface area is 74.4 Å². The predicted molar refractivity (Wildman–Crippen MR) is 47.4 cm³/mol. The zero-order valence-electron chi connectivity index (χ0n) is 7.95. The van der Waals surface area contributed by atoms with Crippen LogP contribution in [0.3, 0.4) is 0 Å². The molecule has 0 N–H and O–H groups in total. The molecule has 2 aliphatic rings.